The first kappa shape index (κ1) is 15.9. The lowest BCUT2D eigenvalue weighted by Gasteiger charge is -2.10. The second-order valence-electron chi connectivity index (χ2n) is 4.72. The summed E-state index contributed by atoms with van der Waals surface area (Å²) in [5.74, 6) is 0.223. The molecular formula is C14H21N3O3. The van der Waals surface area contributed by atoms with Gasteiger partial charge in [-0.05, 0) is 32.9 Å². The second-order valence-corrected chi connectivity index (χ2v) is 4.72. The summed E-state index contributed by atoms with van der Waals surface area (Å²) in [6.07, 6.45) is 0.373. The zero-order valence-corrected chi connectivity index (χ0v) is 12.3. The van der Waals surface area contributed by atoms with Crippen molar-refractivity contribution in [2.24, 2.45) is 0 Å². The molecule has 110 valence electrons. The minimum atomic E-state index is -0.405. The average molecular weight is 279 g/mol. The summed E-state index contributed by atoms with van der Waals surface area (Å²) < 4.78 is 4.65. The third-order valence-electron chi connectivity index (χ3n) is 2.60. The molecule has 0 saturated carbocycles. The molecule has 1 aromatic rings. The number of esters is 1. The minimum absolute atomic E-state index is 0.00426. The Labute approximate surface area is 118 Å². The Morgan fingerprint density at radius 2 is 2.05 bits per heavy atom. The highest BCUT2D eigenvalue weighted by Gasteiger charge is 2.10. The number of carbonyl (C=O) groups excluding carboxylic acids is 2. The van der Waals surface area contributed by atoms with Crippen molar-refractivity contribution in [1.82, 2.24) is 10.3 Å². The van der Waals surface area contributed by atoms with Gasteiger partial charge < -0.3 is 15.4 Å². The smallest absolute Gasteiger partial charge is 0.339 e. The van der Waals surface area contributed by atoms with Gasteiger partial charge in [0.05, 0.1) is 18.4 Å². The predicted molar refractivity (Wildman–Crippen MR) is 76.7 cm³/mol. The summed E-state index contributed by atoms with van der Waals surface area (Å²) in [5, 5.41) is 5.86. The number of aryl methyl sites for hydroxylation is 1. The van der Waals surface area contributed by atoms with E-state index in [1.54, 1.807) is 19.1 Å². The Bertz CT molecular complexity index is 487. The number of nitrogens with one attached hydrogen (secondary N) is 2. The highest BCUT2D eigenvalue weighted by atomic mass is 16.5. The molecule has 0 atom stereocenters. The number of aromatic nitrogens is 1. The first-order chi connectivity index (χ1) is 9.43. The van der Waals surface area contributed by atoms with Gasteiger partial charge in [-0.1, -0.05) is 0 Å². The summed E-state index contributed by atoms with van der Waals surface area (Å²) in [4.78, 5) is 27.1. The highest BCUT2D eigenvalue weighted by Crippen LogP contribution is 2.11. The predicted octanol–water partition coefficient (Wildman–Crippen LogP) is 1.50. The number of ether oxygens (including phenoxy) is 1. The van der Waals surface area contributed by atoms with E-state index in [0.717, 1.165) is 0 Å². The number of methoxy groups -OCH3 is 1. The van der Waals surface area contributed by atoms with Crippen molar-refractivity contribution in [2.75, 3.05) is 19.0 Å². The molecule has 1 aromatic heterocycles. The van der Waals surface area contributed by atoms with Gasteiger partial charge in [-0.25, -0.2) is 9.78 Å². The summed E-state index contributed by atoms with van der Waals surface area (Å²) >= 11 is 0. The minimum Gasteiger partial charge on any atom is -0.465 e. The van der Waals surface area contributed by atoms with Crippen molar-refractivity contribution in [2.45, 2.75) is 33.2 Å². The number of carbonyl (C=O) groups is 2. The summed E-state index contributed by atoms with van der Waals surface area (Å²) in [5.41, 5.74) is 1.03. The van der Waals surface area contributed by atoms with Crippen molar-refractivity contribution in [1.29, 1.82) is 0 Å². The molecule has 0 aromatic carbocycles. The largest absolute Gasteiger partial charge is 0.465 e. The fourth-order valence-electron chi connectivity index (χ4n) is 1.68. The summed E-state index contributed by atoms with van der Waals surface area (Å²) in [6.45, 7) is 6.06. The van der Waals surface area contributed by atoms with E-state index in [9.17, 15) is 9.59 Å². The van der Waals surface area contributed by atoms with Gasteiger partial charge in [0, 0.05) is 19.0 Å². The Morgan fingerprint density at radius 1 is 1.35 bits per heavy atom. The van der Waals surface area contributed by atoms with E-state index < -0.39 is 5.97 Å². The number of amides is 1. The maximum absolute atomic E-state index is 11.5. The van der Waals surface area contributed by atoms with Crippen LogP contribution in [0.3, 0.4) is 0 Å². The van der Waals surface area contributed by atoms with Gasteiger partial charge in [0.25, 0.3) is 0 Å². The monoisotopic (exact) mass is 279 g/mol. The molecule has 6 heteroatoms. The number of rotatable bonds is 6. The van der Waals surface area contributed by atoms with Crippen molar-refractivity contribution in [3.05, 3.63) is 23.4 Å². The molecule has 0 aliphatic rings. The first-order valence-electron chi connectivity index (χ1n) is 6.53. The highest BCUT2D eigenvalue weighted by molar-refractivity contribution is 5.90. The van der Waals surface area contributed by atoms with Gasteiger partial charge in [-0.3, -0.25) is 4.79 Å². The van der Waals surface area contributed by atoms with Gasteiger partial charge in [-0.2, -0.15) is 0 Å². The van der Waals surface area contributed by atoms with Crippen LogP contribution in [-0.4, -0.2) is 36.6 Å². The molecule has 20 heavy (non-hydrogen) atoms. The Kier molecular flexibility index (Phi) is 5.96. The van der Waals surface area contributed by atoms with E-state index >= 15 is 0 Å². The van der Waals surface area contributed by atoms with Crippen molar-refractivity contribution in [3.63, 3.8) is 0 Å². The molecule has 0 radical (unpaired) electrons. The van der Waals surface area contributed by atoms with Gasteiger partial charge >= 0.3 is 5.97 Å². The third kappa shape index (κ3) is 4.87. The van der Waals surface area contributed by atoms with Gasteiger partial charge in [0.15, 0.2) is 0 Å². The third-order valence-corrected chi connectivity index (χ3v) is 2.60. The molecule has 2 N–H and O–H groups in total. The van der Waals surface area contributed by atoms with Crippen LogP contribution in [0.15, 0.2) is 12.1 Å². The van der Waals surface area contributed by atoms with Crippen LogP contribution in [0.2, 0.25) is 0 Å². The van der Waals surface area contributed by atoms with Gasteiger partial charge in [0.2, 0.25) is 5.91 Å². The number of hydrogen-bond acceptors (Lipinski definition) is 5. The second kappa shape index (κ2) is 7.47. The van der Waals surface area contributed by atoms with Crippen LogP contribution in [-0.2, 0) is 9.53 Å². The molecule has 0 bridgehead atoms. The summed E-state index contributed by atoms with van der Waals surface area (Å²) in [7, 11) is 1.33. The van der Waals surface area contributed by atoms with Crippen LogP contribution in [0.4, 0.5) is 5.82 Å². The van der Waals surface area contributed by atoms with Crippen LogP contribution in [0.25, 0.3) is 0 Å². The van der Waals surface area contributed by atoms with Crippen molar-refractivity contribution >= 4 is 17.7 Å². The quantitative estimate of drug-likeness (QED) is 0.771. The lowest BCUT2D eigenvalue weighted by atomic mass is 10.2. The van der Waals surface area contributed by atoms with Crippen LogP contribution in [0.5, 0.6) is 0 Å². The molecule has 1 amide bonds. The van der Waals surface area contributed by atoms with Gasteiger partial charge in [0.1, 0.15) is 5.82 Å². The van der Waals surface area contributed by atoms with Crippen molar-refractivity contribution < 1.29 is 14.3 Å². The number of hydrogen-bond donors (Lipinski definition) is 2. The molecule has 0 aliphatic carbocycles. The fourth-order valence-corrected chi connectivity index (χ4v) is 1.68. The van der Waals surface area contributed by atoms with Crippen LogP contribution >= 0.6 is 0 Å². The van der Waals surface area contributed by atoms with E-state index in [4.69, 9.17) is 0 Å². The standard InChI is InChI=1S/C14H21N3O3/c1-9(2)16-13(18)7-8-15-12-6-5-11(10(3)17-12)14(19)20-4/h5-6,9H,7-8H2,1-4H3,(H,15,17)(H,16,18). The Balaban J connectivity index is 2.52. The topological polar surface area (TPSA) is 80.3 Å². The Hall–Kier alpha value is -2.11. The molecular weight excluding hydrogens is 258 g/mol. The van der Waals surface area contributed by atoms with E-state index in [1.807, 2.05) is 13.8 Å². The van der Waals surface area contributed by atoms with E-state index in [2.05, 4.69) is 20.4 Å². The maximum Gasteiger partial charge on any atom is 0.339 e. The Morgan fingerprint density at radius 3 is 2.60 bits per heavy atom. The molecule has 1 heterocycles. The molecule has 0 fully saturated rings. The molecule has 1 rings (SSSR count). The summed E-state index contributed by atoms with van der Waals surface area (Å²) in [6, 6.07) is 3.49. The zero-order valence-electron chi connectivity index (χ0n) is 12.3. The normalized spacial score (nSPS) is 10.2. The van der Waals surface area contributed by atoms with Crippen LogP contribution in [0, 0.1) is 6.92 Å². The van der Waals surface area contributed by atoms with E-state index in [0.29, 0.717) is 30.0 Å². The van der Waals surface area contributed by atoms with Crippen LogP contribution < -0.4 is 10.6 Å². The average Bonchev–Trinajstić information content (AvgIpc) is 2.37. The van der Waals surface area contributed by atoms with Gasteiger partial charge in [-0.15, -0.1) is 0 Å². The van der Waals surface area contributed by atoms with Crippen molar-refractivity contribution in [3.8, 4) is 0 Å². The fraction of sp³-hybridized carbons (Fsp3) is 0.500. The lowest BCUT2D eigenvalue weighted by molar-refractivity contribution is -0.121. The number of nitrogens with zero attached hydrogens (tertiary/aromatic N) is 1. The van der Waals surface area contributed by atoms with Crippen LogP contribution in [0.1, 0.15) is 36.3 Å². The molecule has 0 unspecified atom stereocenters. The first-order valence-corrected chi connectivity index (χ1v) is 6.53. The SMILES string of the molecule is COC(=O)c1ccc(NCCC(=O)NC(C)C)nc1C. The molecule has 0 spiro atoms. The number of anilines is 1. The van der Waals surface area contributed by atoms with E-state index in [1.165, 1.54) is 7.11 Å². The molecule has 6 nitrogen and oxygen atoms in total. The lowest BCUT2D eigenvalue weighted by Crippen LogP contribution is -2.31. The zero-order chi connectivity index (χ0) is 15.1. The maximum atomic E-state index is 11.5. The van der Waals surface area contributed by atoms with E-state index in [-0.39, 0.29) is 11.9 Å². The molecule has 0 saturated heterocycles. The number of pyridine rings is 1. The molecule has 0 aliphatic heterocycles.